The Hall–Kier alpha value is -2.82. The second-order valence-electron chi connectivity index (χ2n) is 5.07. The molecule has 5 heteroatoms. The van der Waals surface area contributed by atoms with Crippen molar-refractivity contribution in [3.05, 3.63) is 59.2 Å². The number of carbonyl (C=O) groups is 1. The molecule has 0 aromatic heterocycles. The molecule has 2 aromatic carbocycles. The molecule has 0 atom stereocenters. The van der Waals surface area contributed by atoms with Gasteiger partial charge in [-0.1, -0.05) is 17.7 Å². The van der Waals surface area contributed by atoms with Gasteiger partial charge in [-0.15, -0.1) is 0 Å². The van der Waals surface area contributed by atoms with E-state index in [1.807, 2.05) is 44.2 Å². The summed E-state index contributed by atoms with van der Waals surface area (Å²) in [4.78, 5) is 12.0. The highest BCUT2D eigenvalue weighted by molar-refractivity contribution is 6.01. The van der Waals surface area contributed by atoms with Crippen molar-refractivity contribution in [2.24, 2.45) is 5.10 Å². The third-order valence-corrected chi connectivity index (χ3v) is 3.43. The highest BCUT2D eigenvalue weighted by atomic mass is 16.7. The molecule has 0 saturated carbocycles. The maximum Gasteiger partial charge on any atom is 0.271 e. The predicted octanol–water partition coefficient (Wildman–Crippen LogP) is 2.88. The van der Waals surface area contributed by atoms with Crippen molar-refractivity contribution in [2.45, 2.75) is 13.8 Å². The molecular weight excluding hydrogens is 280 g/mol. The van der Waals surface area contributed by atoms with Gasteiger partial charge in [0.05, 0.1) is 5.71 Å². The standard InChI is InChI=1S/C17H16N2O3/c1-11-3-5-13(6-4-11)17(20)19-18-12(2)14-7-8-15-16(9-14)22-10-21-15/h3-9H,10H2,1-2H3,(H,19,20)/b18-12+. The minimum Gasteiger partial charge on any atom is -0.454 e. The van der Waals surface area contributed by atoms with Crippen LogP contribution in [0.5, 0.6) is 11.5 Å². The number of carbonyl (C=O) groups excluding carboxylic acids is 1. The Bertz CT molecular complexity index is 736. The maximum absolute atomic E-state index is 12.0. The zero-order valence-corrected chi connectivity index (χ0v) is 12.4. The predicted molar refractivity (Wildman–Crippen MR) is 83.4 cm³/mol. The topological polar surface area (TPSA) is 59.9 Å². The maximum atomic E-state index is 12.0. The van der Waals surface area contributed by atoms with E-state index >= 15 is 0 Å². The Morgan fingerprint density at radius 3 is 2.50 bits per heavy atom. The Kier molecular flexibility index (Phi) is 3.78. The van der Waals surface area contributed by atoms with E-state index in [0.717, 1.165) is 16.9 Å². The molecule has 22 heavy (non-hydrogen) atoms. The van der Waals surface area contributed by atoms with Crippen LogP contribution in [-0.2, 0) is 0 Å². The van der Waals surface area contributed by atoms with Crippen LogP contribution in [0.3, 0.4) is 0 Å². The summed E-state index contributed by atoms with van der Waals surface area (Å²) in [6, 6.07) is 12.9. The molecule has 1 aliphatic rings. The lowest BCUT2D eigenvalue weighted by Gasteiger charge is -2.04. The van der Waals surface area contributed by atoms with Crippen LogP contribution in [0.4, 0.5) is 0 Å². The van der Waals surface area contributed by atoms with Gasteiger partial charge in [-0.2, -0.15) is 5.10 Å². The van der Waals surface area contributed by atoms with Crippen molar-refractivity contribution >= 4 is 11.6 Å². The SMILES string of the molecule is C/C(=N\NC(=O)c1ccc(C)cc1)c1ccc2c(c1)OCO2. The summed E-state index contributed by atoms with van der Waals surface area (Å²) in [6.07, 6.45) is 0. The first-order chi connectivity index (χ1) is 10.6. The molecule has 1 amide bonds. The van der Waals surface area contributed by atoms with Gasteiger partial charge in [-0.3, -0.25) is 4.79 Å². The van der Waals surface area contributed by atoms with Gasteiger partial charge in [0, 0.05) is 11.1 Å². The van der Waals surface area contributed by atoms with Crippen LogP contribution in [0.2, 0.25) is 0 Å². The number of nitrogens with one attached hydrogen (secondary N) is 1. The molecule has 0 fully saturated rings. The summed E-state index contributed by atoms with van der Waals surface area (Å²) in [5.41, 5.74) is 5.81. The summed E-state index contributed by atoms with van der Waals surface area (Å²) in [6.45, 7) is 4.04. The van der Waals surface area contributed by atoms with Gasteiger partial charge in [0.1, 0.15) is 0 Å². The molecular formula is C17H16N2O3. The molecule has 0 saturated heterocycles. The average Bonchev–Trinajstić information content (AvgIpc) is 3.00. The van der Waals surface area contributed by atoms with Crippen molar-refractivity contribution in [1.29, 1.82) is 0 Å². The largest absolute Gasteiger partial charge is 0.454 e. The number of fused-ring (bicyclic) bond motifs is 1. The molecule has 2 aromatic rings. The van der Waals surface area contributed by atoms with E-state index < -0.39 is 0 Å². The molecule has 0 spiro atoms. The molecule has 0 radical (unpaired) electrons. The van der Waals surface area contributed by atoms with Gasteiger partial charge in [-0.05, 0) is 44.2 Å². The van der Waals surface area contributed by atoms with Gasteiger partial charge in [0.25, 0.3) is 5.91 Å². The Morgan fingerprint density at radius 1 is 1.05 bits per heavy atom. The van der Waals surface area contributed by atoms with Crippen LogP contribution in [0, 0.1) is 6.92 Å². The Balaban J connectivity index is 1.72. The van der Waals surface area contributed by atoms with Crippen LogP contribution >= 0.6 is 0 Å². The third kappa shape index (κ3) is 2.93. The fourth-order valence-corrected chi connectivity index (χ4v) is 2.09. The molecule has 5 nitrogen and oxygen atoms in total. The van der Waals surface area contributed by atoms with Gasteiger partial charge in [0.2, 0.25) is 6.79 Å². The Morgan fingerprint density at radius 2 is 1.73 bits per heavy atom. The smallest absolute Gasteiger partial charge is 0.271 e. The second-order valence-corrected chi connectivity index (χ2v) is 5.07. The fraction of sp³-hybridized carbons (Fsp3) is 0.176. The number of benzene rings is 2. The zero-order valence-electron chi connectivity index (χ0n) is 12.4. The molecule has 1 aliphatic heterocycles. The lowest BCUT2D eigenvalue weighted by Crippen LogP contribution is -2.19. The van der Waals surface area contributed by atoms with Gasteiger partial charge in [-0.25, -0.2) is 5.43 Å². The quantitative estimate of drug-likeness (QED) is 0.700. The molecule has 3 rings (SSSR count). The minimum atomic E-state index is -0.236. The van der Waals surface area contributed by atoms with Crippen LogP contribution in [0.15, 0.2) is 47.6 Å². The molecule has 112 valence electrons. The highest BCUT2D eigenvalue weighted by Gasteiger charge is 2.14. The monoisotopic (exact) mass is 296 g/mol. The van der Waals surface area contributed by atoms with Crippen molar-refractivity contribution in [3.63, 3.8) is 0 Å². The number of rotatable bonds is 3. The first kappa shape index (κ1) is 14.1. The van der Waals surface area contributed by atoms with E-state index in [1.54, 1.807) is 12.1 Å². The van der Waals surface area contributed by atoms with E-state index in [4.69, 9.17) is 9.47 Å². The molecule has 0 bridgehead atoms. The minimum absolute atomic E-state index is 0.235. The normalized spacial score (nSPS) is 13.1. The Labute approximate surface area is 128 Å². The van der Waals surface area contributed by atoms with Gasteiger partial charge in [0.15, 0.2) is 11.5 Å². The van der Waals surface area contributed by atoms with Gasteiger partial charge < -0.3 is 9.47 Å². The first-order valence-corrected chi connectivity index (χ1v) is 6.95. The number of ether oxygens (including phenoxy) is 2. The molecule has 1 heterocycles. The lowest BCUT2D eigenvalue weighted by atomic mass is 10.1. The van der Waals surface area contributed by atoms with Crippen LogP contribution in [-0.4, -0.2) is 18.4 Å². The average molecular weight is 296 g/mol. The number of aryl methyl sites for hydroxylation is 1. The van der Waals surface area contributed by atoms with Crippen molar-refractivity contribution in [3.8, 4) is 11.5 Å². The van der Waals surface area contributed by atoms with E-state index in [9.17, 15) is 4.79 Å². The summed E-state index contributed by atoms with van der Waals surface area (Å²) >= 11 is 0. The summed E-state index contributed by atoms with van der Waals surface area (Å²) in [5.74, 6) is 1.18. The van der Waals surface area contributed by atoms with E-state index in [1.165, 1.54) is 0 Å². The zero-order chi connectivity index (χ0) is 15.5. The van der Waals surface area contributed by atoms with Crippen LogP contribution in [0.25, 0.3) is 0 Å². The van der Waals surface area contributed by atoms with Crippen LogP contribution in [0.1, 0.15) is 28.4 Å². The number of hydrogen-bond donors (Lipinski definition) is 1. The van der Waals surface area contributed by atoms with Crippen molar-refractivity contribution in [1.82, 2.24) is 5.43 Å². The van der Waals surface area contributed by atoms with Crippen molar-refractivity contribution in [2.75, 3.05) is 6.79 Å². The number of hydrogen-bond acceptors (Lipinski definition) is 4. The van der Waals surface area contributed by atoms with Crippen LogP contribution < -0.4 is 14.9 Å². The number of amides is 1. The highest BCUT2D eigenvalue weighted by Crippen LogP contribution is 2.32. The lowest BCUT2D eigenvalue weighted by molar-refractivity contribution is 0.0955. The fourth-order valence-electron chi connectivity index (χ4n) is 2.09. The summed E-state index contributed by atoms with van der Waals surface area (Å²) < 4.78 is 10.6. The third-order valence-electron chi connectivity index (χ3n) is 3.43. The van der Waals surface area contributed by atoms with E-state index in [2.05, 4.69) is 10.5 Å². The second kappa shape index (κ2) is 5.89. The number of hydrazone groups is 1. The van der Waals surface area contributed by atoms with E-state index in [-0.39, 0.29) is 12.7 Å². The van der Waals surface area contributed by atoms with Gasteiger partial charge >= 0.3 is 0 Å². The summed E-state index contributed by atoms with van der Waals surface area (Å²) in [7, 11) is 0. The number of nitrogens with zero attached hydrogens (tertiary/aromatic N) is 1. The van der Waals surface area contributed by atoms with E-state index in [0.29, 0.717) is 17.0 Å². The summed E-state index contributed by atoms with van der Waals surface area (Å²) in [5, 5.41) is 4.14. The van der Waals surface area contributed by atoms with Crippen molar-refractivity contribution < 1.29 is 14.3 Å². The molecule has 0 unspecified atom stereocenters. The molecule has 1 N–H and O–H groups in total. The first-order valence-electron chi connectivity index (χ1n) is 6.95. The molecule has 0 aliphatic carbocycles.